The lowest BCUT2D eigenvalue weighted by atomic mass is 9.42. The zero-order valence-corrected chi connectivity index (χ0v) is 41.1. The Morgan fingerprint density at radius 2 is 1.01 bits per heavy atom. The summed E-state index contributed by atoms with van der Waals surface area (Å²) in [5, 5.41) is 2.33. The molecule has 0 N–H and O–H groups in total. The van der Waals surface area contributed by atoms with Crippen molar-refractivity contribution in [2.45, 2.75) is 108 Å². The van der Waals surface area contributed by atoms with Gasteiger partial charge < -0.3 is 14.1 Å². The quantitative estimate of drug-likeness (QED) is 0.153. The molecule has 4 heterocycles. The average molecular weight is 893 g/mol. The van der Waals surface area contributed by atoms with E-state index in [1.807, 2.05) is 0 Å². The van der Waals surface area contributed by atoms with E-state index in [2.05, 4.69) is 217 Å². The molecule has 1 spiro atoms. The van der Waals surface area contributed by atoms with Crippen LogP contribution in [0.3, 0.4) is 0 Å². The van der Waals surface area contributed by atoms with Crippen molar-refractivity contribution >= 4 is 68.1 Å². The van der Waals surface area contributed by atoms with Gasteiger partial charge in [0.15, 0.2) is 0 Å². The van der Waals surface area contributed by atoms with E-state index < -0.39 is 5.41 Å². The molecule has 3 aliphatic carbocycles. The van der Waals surface area contributed by atoms with Crippen LogP contribution in [-0.4, -0.2) is 6.85 Å². The van der Waals surface area contributed by atoms with Crippen molar-refractivity contribution in [3.63, 3.8) is 0 Å². The minimum Gasteiger partial charge on any atom is -0.455 e. The molecule has 8 aromatic carbocycles. The van der Waals surface area contributed by atoms with Crippen LogP contribution in [0, 0.1) is 0 Å². The van der Waals surface area contributed by atoms with Gasteiger partial charge in [-0.05, 0) is 156 Å². The van der Waals surface area contributed by atoms with Crippen LogP contribution >= 0.6 is 0 Å². The van der Waals surface area contributed by atoms with E-state index in [0.717, 1.165) is 35.8 Å². The van der Waals surface area contributed by atoms with Crippen molar-refractivity contribution in [2.24, 2.45) is 0 Å². The molecule has 0 saturated carbocycles. The summed E-state index contributed by atoms with van der Waals surface area (Å²) in [7, 11) is 0. The van der Waals surface area contributed by atoms with Crippen molar-refractivity contribution in [1.82, 2.24) is 0 Å². The average Bonchev–Trinajstić information content (AvgIpc) is 3.87. The van der Waals surface area contributed by atoms with Crippen LogP contribution in [0.5, 0.6) is 0 Å². The van der Waals surface area contributed by atoms with Gasteiger partial charge in [0.1, 0.15) is 11.2 Å². The number of benzene rings is 8. The van der Waals surface area contributed by atoms with Gasteiger partial charge >= 0.3 is 6.85 Å². The van der Waals surface area contributed by atoms with Gasteiger partial charge in [-0.15, -0.1) is 0 Å². The Hall–Kier alpha value is -6.78. The van der Waals surface area contributed by atoms with Crippen LogP contribution in [0.15, 0.2) is 156 Å². The third-order valence-electron chi connectivity index (χ3n) is 18.6. The molecule has 0 fully saturated rings. The summed E-state index contributed by atoms with van der Waals surface area (Å²) < 4.78 is 7.26. The lowest BCUT2D eigenvalue weighted by Crippen LogP contribution is -2.63. The fourth-order valence-corrected chi connectivity index (χ4v) is 14.8. The van der Waals surface area contributed by atoms with Crippen molar-refractivity contribution in [2.75, 3.05) is 9.71 Å². The Labute approximate surface area is 406 Å². The first-order valence-corrected chi connectivity index (χ1v) is 25.5. The molecule has 15 rings (SSSR count). The summed E-state index contributed by atoms with van der Waals surface area (Å²) in [4.78, 5) is 5.47. The lowest BCUT2D eigenvalue weighted by Gasteiger charge is -2.52. The summed E-state index contributed by atoms with van der Waals surface area (Å²) in [5.41, 5.74) is 27.0. The second-order valence-electron chi connectivity index (χ2n) is 24.0. The van der Waals surface area contributed by atoms with E-state index in [1.54, 1.807) is 0 Å². The Bertz CT molecular complexity index is 3740. The molecule has 0 atom stereocenters. The predicted molar refractivity (Wildman–Crippen MR) is 289 cm³/mol. The Balaban J connectivity index is 1.13. The second kappa shape index (κ2) is 12.9. The Morgan fingerprint density at radius 1 is 0.435 bits per heavy atom. The first kappa shape index (κ1) is 40.1. The van der Waals surface area contributed by atoms with Crippen molar-refractivity contribution in [3.8, 4) is 22.3 Å². The summed E-state index contributed by atoms with van der Waals surface area (Å²) in [5.74, 6) is 0. The predicted octanol–water partition coefficient (Wildman–Crippen LogP) is 15.7. The van der Waals surface area contributed by atoms with Crippen molar-refractivity contribution in [1.29, 1.82) is 0 Å². The molecule has 9 aromatic rings. The number of rotatable bonds is 1. The van der Waals surface area contributed by atoms with E-state index in [4.69, 9.17) is 4.42 Å². The molecule has 336 valence electrons. The number of nitrogens with zero attached hydrogens (tertiary/aromatic N) is 2. The molecule has 0 radical (unpaired) electrons. The monoisotopic (exact) mass is 892 g/mol. The molecule has 4 heteroatoms. The van der Waals surface area contributed by atoms with Crippen LogP contribution in [-0.2, 0) is 27.1 Å². The third kappa shape index (κ3) is 4.86. The molecule has 6 aliphatic rings. The van der Waals surface area contributed by atoms with Crippen LogP contribution < -0.4 is 20.6 Å². The highest BCUT2D eigenvalue weighted by Crippen LogP contribution is 2.65. The van der Waals surface area contributed by atoms with E-state index in [9.17, 15) is 0 Å². The number of fused-ring (bicyclic) bond motifs is 19. The summed E-state index contributed by atoms with van der Waals surface area (Å²) >= 11 is 0. The minimum absolute atomic E-state index is 0.0127. The van der Waals surface area contributed by atoms with Crippen molar-refractivity contribution in [3.05, 3.63) is 196 Å². The lowest BCUT2D eigenvalue weighted by molar-refractivity contribution is 0.332. The maximum Gasteiger partial charge on any atom is 0.333 e. The molecule has 3 aliphatic heterocycles. The standard InChI is InChI=1S/C65H57BN2O/c1-61(2)30-31-62(3,4)49-34-38(28-29-46(49)61)68-54-37-51-50(63(5,6)32-33-64(51,7)8)35-43(54)57-58-55(36-42-41-20-11-16-27-56(41)69-60(42)57)67-53-26-15-14-23-47(53)65(48-24-17-25-52(59(48)67)66(58)68)44-21-12-9-18-39(44)40-19-10-13-22-45(40)65/h9-29,34-37H,30-33H2,1-8H3. The van der Waals surface area contributed by atoms with Gasteiger partial charge in [-0.2, -0.15) is 0 Å². The molecule has 0 amide bonds. The zero-order chi connectivity index (χ0) is 46.7. The number of para-hydroxylation sites is 3. The number of furan rings is 1. The normalized spacial score (nSPS) is 19.3. The topological polar surface area (TPSA) is 19.6 Å². The van der Waals surface area contributed by atoms with Crippen molar-refractivity contribution < 1.29 is 4.42 Å². The van der Waals surface area contributed by atoms with Crippen LogP contribution in [0.1, 0.15) is 126 Å². The summed E-state index contributed by atoms with van der Waals surface area (Å²) in [6.45, 7) is 19.6. The highest BCUT2D eigenvalue weighted by Gasteiger charge is 2.56. The fourth-order valence-electron chi connectivity index (χ4n) is 14.8. The molecule has 3 nitrogen and oxygen atoms in total. The molecule has 1 aromatic heterocycles. The molecule has 0 bridgehead atoms. The third-order valence-corrected chi connectivity index (χ3v) is 18.6. The van der Waals surface area contributed by atoms with E-state index in [0.29, 0.717) is 0 Å². The SMILES string of the molecule is CC1(C)CCC(C)(C)c2cc(N3B4c5cccc6c5N(c5ccccc5C65c6ccccc6-c6ccccc65)c5cc6c(oc7ccccc76)c(c54)-c4cc5c(cc43)C(C)(C)CCC5(C)C)ccc21. The molecule has 0 saturated heterocycles. The molecule has 0 unspecified atom stereocenters. The largest absolute Gasteiger partial charge is 0.455 e. The van der Waals surface area contributed by atoms with Gasteiger partial charge in [0, 0.05) is 44.6 Å². The van der Waals surface area contributed by atoms with Gasteiger partial charge in [0.05, 0.1) is 11.1 Å². The number of anilines is 5. The first-order valence-electron chi connectivity index (χ1n) is 25.5. The molecular formula is C65H57BN2O. The summed E-state index contributed by atoms with van der Waals surface area (Å²) in [6.07, 6.45) is 4.65. The molecular weight excluding hydrogens is 836 g/mol. The van der Waals surface area contributed by atoms with Crippen LogP contribution in [0.2, 0.25) is 0 Å². The Kier molecular flexibility index (Phi) is 7.50. The summed E-state index contributed by atoms with van der Waals surface area (Å²) in [6, 6.07) is 59.1. The van der Waals surface area contributed by atoms with Gasteiger partial charge in [0.25, 0.3) is 0 Å². The van der Waals surface area contributed by atoms with E-state index >= 15 is 0 Å². The van der Waals surface area contributed by atoms with Gasteiger partial charge in [-0.3, -0.25) is 0 Å². The maximum atomic E-state index is 7.26. The smallest absolute Gasteiger partial charge is 0.333 e. The van der Waals surface area contributed by atoms with Crippen LogP contribution in [0.4, 0.5) is 28.4 Å². The van der Waals surface area contributed by atoms with E-state index in [-0.39, 0.29) is 28.5 Å². The number of hydrogen-bond acceptors (Lipinski definition) is 3. The highest BCUT2D eigenvalue weighted by atomic mass is 16.3. The minimum atomic E-state index is -0.522. The molecule has 69 heavy (non-hydrogen) atoms. The fraction of sp³-hybridized carbons (Fsp3) is 0.262. The number of hydrogen-bond donors (Lipinski definition) is 0. The van der Waals surface area contributed by atoms with Gasteiger partial charge in [-0.25, -0.2) is 0 Å². The second-order valence-corrected chi connectivity index (χ2v) is 24.0. The van der Waals surface area contributed by atoms with E-state index in [1.165, 1.54) is 118 Å². The maximum absolute atomic E-state index is 7.26. The first-order chi connectivity index (χ1) is 33.2. The van der Waals surface area contributed by atoms with Gasteiger partial charge in [0.2, 0.25) is 0 Å². The van der Waals surface area contributed by atoms with Gasteiger partial charge in [-0.1, -0.05) is 165 Å². The highest BCUT2D eigenvalue weighted by molar-refractivity contribution is 6.94. The van der Waals surface area contributed by atoms with Crippen LogP contribution in [0.25, 0.3) is 44.2 Å². The Morgan fingerprint density at radius 3 is 1.72 bits per heavy atom. The zero-order valence-electron chi connectivity index (χ0n) is 41.1.